The van der Waals surface area contributed by atoms with Crippen molar-refractivity contribution in [1.82, 2.24) is 0 Å². The first-order valence-corrected chi connectivity index (χ1v) is 5.69. The molecule has 3 heteroatoms. The van der Waals surface area contributed by atoms with Gasteiger partial charge in [-0.3, -0.25) is 0 Å². The van der Waals surface area contributed by atoms with Crippen molar-refractivity contribution in [2.24, 2.45) is 5.92 Å². The van der Waals surface area contributed by atoms with Crippen molar-refractivity contribution in [1.29, 1.82) is 0 Å². The summed E-state index contributed by atoms with van der Waals surface area (Å²) >= 11 is 0. The summed E-state index contributed by atoms with van der Waals surface area (Å²) < 4.78 is 10.9. The van der Waals surface area contributed by atoms with Gasteiger partial charge in [-0.05, 0) is 0 Å². The van der Waals surface area contributed by atoms with Gasteiger partial charge in [-0.2, -0.15) is 20.3 Å². The number of ether oxygens (including phenoxy) is 2. The van der Waals surface area contributed by atoms with Gasteiger partial charge >= 0.3 is 19.5 Å². The van der Waals surface area contributed by atoms with Crippen LogP contribution in [-0.2, 0) is 29.0 Å². The zero-order chi connectivity index (χ0) is 10.2. The van der Waals surface area contributed by atoms with Crippen molar-refractivity contribution in [3.05, 3.63) is 12.8 Å². The average molecular weight is 264 g/mol. The summed E-state index contributed by atoms with van der Waals surface area (Å²) in [5, 5.41) is 0. The van der Waals surface area contributed by atoms with Crippen molar-refractivity contribution in [2.45, 2.75) is 45.8 Å². The topological polar surface area (TPSA) is 18.5 Å². The summed E-state index contributed by atoms with van der Waals surface area (Å²) in [5.41, 5.74) is 0. The van der Waals surface area contributed by atoms with Crippen molar-refractivity contribution in [2.75, 3.05) is 13.2 Å². The maximum absolute atomic E-state index is 5.44. The first kappa shape index (κ1) is 15.5. The van der Waals surface area contributed by atoms with E-state index in [9.17, 15) is 0 Å². The Balaban J connectivity index is 0.000000443. The van der Waals surface area contributed by atoms with E-state index >= 15 is 0 Å². The Morgan fingerprint density at radius 2 is 1.73 bits per heavy atom. The molecule has 0 radical (unpaired) electrons. The average Bonchev–Trinajstić information content (AvgIpc) is 2.73. The Hall–Kier alpha value is 0.543. The zero-order valence-electron chi connectivity index (χ0n) is 10.1. The Labute approximate surface area is 107 Å². The molecule has 0 amide bonds. The molecule has 2 rings (SSSR count). The number of hydrogen-bond donors (Lipinski definition) is 0. The summed E-state index contributed by atoms with van der Waals surface area (Å²) in [7, 11) is 0. The third-order valence-corrected chi connectivity index (χ3v) is 2.46. The fourth-order valence-electron chi connectivity index (χ4n) is 1.85. The summed E-state index contributed by atoms with van der Waals surface area (Å²) in [6, 6.07) is 0. The van der Waals surface area contributed by atoms with Crippen LogP contribution < -0.4 is 0 Å². The molecule has 2 aliphatic rings. The molecule has 1 atom stereocenters. The molecule has 0 N–H and O–H groups in total. The Kier molecular flexibility index (Phi) is 10.1. The van der Waals surface area contributed by atoms with Crippen molar-refractivity contribution in [3.8, 4) is 0 Å². The van der Waals surface area contributed by atoms with Gasteiger partial charge in [-0.25, -0.2) is 0 Å². The molecule has 0 aromatic heterocycles. The quantitative estimate of drug-likeness (QED) is 0.535. The number of hydrogen-bond acceptors (Lipinski definition) is 2. The second-order valence-electron chi connectivity index (χ2n) is 3.87. The van der Waals surface area contributed by atoms with Crippen LogP contribution in [0, 0.1) is 18.8 Å². The van der Waals surface area contributed by atoms with Crippen LogP contribution in [0.4, 0.5) is 0 Å². The van der Waals surface area contributed by atoms with Gasteiger partial charge < -0.3 is 22.3 Å². The predicted molar refractivity (Wildman–Crippen MR) is 57.6 cm³/mol. The standard InChI is InChI=1S/C9H15O2.C3H7.Zn/c1-2-4-8(5-3-1)9-10-6-7-11-9;1-3-2;/h4,8-9H,1-3,5-7H2;3H,1-2H3;/q2*-1;+2/t8-;;/m1../s1. The van der Waals surface area contributed by atoms with Gasteiger partial charge in [0.05, 0.1) is 13.2 Å². The molecular weight excluding hydrogens is 242 g/mol. The van der Waals surface area contributed by atoms with Crippen molar-refractivity contribution >= 4 is 0 Å². The van der Waals surface area contributed by atoms with Crippen molar-refractivity contribution < 1.29 is 29.0 Å². The molecule has 0 bridgehead atoms. The molecule has 1 saturated heterocycles. The second kappa shape index (κ2) is 9.75. The van der Waals surface area contributed by atoms with Crippen LogP contribution in [-0.4, -0.2) is 19.5 Å². The Morgan fingerprint density at radius 3 is 2.20 bits per heavy atom. The Bertz CT molecular complexity index is 130. The van der Waals surface area contributed by atoms with E-state index in [-0.39, 0.29) is 25.8 Å². The van der Waals surface area contributed by atoms with Crippen LogP contribution in [0.2, 0.25) is 0 Å². The molecule has 1 heterocycles. The van der Waals surface area contributed by atoms with Crippen LogP contribution in [0.15, 0.2) is 0 Å². The minimum absolute atomic E-state index is 0. The molecule has 0 aromatic carbocycles. The second-order valence-corrected chi connectivity index (χ2v) is 3.87. The predicted octanol–water partition coefficient (Wildman–Crippen LogP) is 2.98. The van der Waals surface area contributed by atoms with Gasteiger partial charge in [0.15, 0.2) is 0 Å². The molecule has 1 aliphatic carbocycles. The molecule has 84 valence electrons. The SMILES string of the molecule is C[CH-]C.[CH-]1CCCC[C@@H]1C1OCCO1.[Zn+2]. The first-order chi connectivity index (χ1) is 6.88. The summed E-state index contributed by atoms with van der Waals surface area (Å²) in [4.78, 5) is 0. The Morgan fingerprint density at radius 1 is 1.13 bits per heavy atom. The molecule has 0 aromatic rings. The van der Waals surface area contributed by atoms with E-state index in [1.807, 2.05) is 20.3 Å². The minimum Gasteiger partial charge on any atom is -0.353 e. The fraction of sp³-hybridized carbons (Fsp3) is 0.833. The van der Waals surface area contributed by atoms with Crippen LogP contribution in [0.1, 0.15) is 39.5 Å². The molecule has 15 heavy (non-hydrogen) atoms. The fourth-order valence-corrected chi connectivity index (χ4v) is 1.85. The zero-order valence-corrected chi connectivity index (χ0v) is 13.0. The van der Waals surface area contributed by atoms with Crippen LogP contribution in [0.3, 0.4) is 0 Å². The van der Waals surface area contributed by atoms with E-state index < -0.39 is 0 Å². The van der Waals surface area contributed by atoms with E-state index in [0.717, 1.165) is 13.2 Å². The first-order valence-electron chi connectivity index (χ1n) is 5.69. The molecule has 1 aliphatic heterocycles. The normalized spacial score (nSPS) is 26.4. The van der Waals surface area contributed by atoms with Gasteiger partial charge in [0.1, 0.15) is 6.29 Å². The van der Waals surface area contributed by atoms with E-state index in [2.05, 4.69) is 6.42 Å². The van der Waals surface area contributed by atoms with E-state index in [0.29, 0.717) is 5.92 Å². The number of rotatable bonds is 1. The minimum atomic E-state index is 0. The van der Waals surface area contributed by atoms with E-state index in [4.69, 9.17) is 9.47 Å². The summed E-state index contributed by atoms with van der Waals surface area (Å²) in [6.45, 7) is 5.57. The van der Waals surface area contributed by atoms with Gasteiger partial charge in [-0.15, -0.1) is 5.92 Å². The van der Waals surface area contributed by atoms with Crippen molar-refractivity contribution in [3.63, 3.8) is 0 Å². The van der Waals surface area contributed by atoms with Crippen LogP contribution in [0.25, 0.3) is 0 Å². The smallest absolute Gasteiger partial charge is 0.353 e. The van der Waals surface area contributed by atoms with Crippen LogP contribution in [0.5, 0.6) is 0 Å². The largest absolute Gasteiger partial charge is 2.00 e. The van der Waals surface area contributed by atoms with Gasteiger partial charge in [0.25, 0.3) is 0 Å². The van der Waals surface area contributed by atoms with Gasteiger partial charge in [-0.1, -0.05) is 19.3 Å². The molecular formula is C12H22O2Zn. The third-order valence-electron chi connectivity index (χ3n) is 2.46. The summed E-state index contributed by atoms with van der Waals surface area (Å²) in [5.74, 6) is 0.575. The molecule has 0 spiro atoms. The molecule has 0 unspecified atom stereocenters. The molecule has 2 fully saturated rings. The van der Waals surface area contributed by atoms with E-state index in [1.165, 1.54) is 25.7 Å². The summed E-state index contributed by atoms with van der Waals surface area (Å²) in [6.07, 6.45) is 9.64. The monoisotopic (exact) mass is 262 g/mol. The maximum Gasteiger partial charge on any atom is 2.00 e. The van der Waals surface area contributed by atoms with Gasteiger partial charge in [0, 0.05) is 0 Å². The van der Waals surface area contributed by atoms with E-state index in [1.54, 1.807) is 0 Å². The molecule has 2 nitrogen and oxygen atoms in total. The maximum atomic E-state index is 5.44. The van der Waals surface area contributed by atoms with Crippen LogP contribution >= 0.6 is 0 Å². The van der Waals surface area contributed by atoms with Gasteiger partial charge in [0.2, 0.25) is 0 Å². The third kappa shape index (κ3) is 5.99. The molecule has 1 saturated carbocycles.